The number of aromatic nitrogens is 2. The second-order valence-electron chi connectivity index (χ2n) is 4.93. The summed E-state index contributed by atoms with van der Waals surface area (Å²) < 4.78 is 10.7. The first kappa shape index (κ1) is 13.0. The van der Waals surface area contributed by atoms with E-state index in [4.69, 9.17) is 9.15 Å². The fourth-order valence-electron chi connectivity index (χ4n) is 1.24. The minimum Gasteiger partial charge on any atom is -0.466 e. The maximum absolute atomic E-state index is 5.49. The van der Waals surface area contributed by atoms with E-state index < -0.39 is 0 Å². The zero-order valence-electron chi connectivity index (χ0n) is 10.8. The molecule has 0 unspecified atom stereocenters. The maximum atomic E-state index is 5.49. The third-order valence-electron chi connectivity index (χ3n) is 2.14. The lowest BCUT2D eigenvalue weighted by molar-refractivity contribution is 0.267. The third-order valence-corrected chi connectivity index (χ3v) is 2.97. The molecule has 2 aromatic rings. The van der Waals surface area contributed by atoms with Crippen LogP contribution >= 0.6 is 11.3 Å². The van der Waals surface area contributed by atoms with E-state index >= 15 is 0 Å². The molecule has 0 fully saturated rings. The van der Waals surface area contributed by atoms with Crippen LogP contribution in [-0.4, -0.2) is 15.7 Å². The molecule has 0 saturated heterocycles. The fourth-order valence-corrected chi connectivity index (χ4v) is 1.86. The van der Waals surface area contributed by atoms with Crippen LogP contribution in [-0.2, 0) is 13.2 Å². The largest absolute Gasteiger partial charge is 0.466 e. The second-order valence-corrected chi connectivity index (χ2v) is 5.96. The van der Waals surface area contributed by atoms with Crippen LogP contribution in [0.5, 0.6) is 5.19 Å². The molecule has 0 aliphatic carbocycles. The molecule has 0 aliphatic rings. The van der Waals surface area contributed by atoms with Gasteiger partial charge in [-0.15, -0.1) is 5.10 Å². The van der Waals surface area contributed by atoms with Crippen LogP contribution in [0.2, 0.25) is 0 Å². The standard InChI is InChI=1S/C12H17N3O2S/c1-12(2,3)13-7-10-14-15-11(18-10)17-8-9-5-4-6-16-9/h4-6,13H,7-8H2,1-3H3. The van der Waals surface area contributed by atoms with Crippen molar-refractivity contribution >= 4 is 11.3 Å². The van der Waals surface area contributed by atoms with Crippen molar-refractivity contribution in [3.05, 3.63) is 29.2 Å². The summed E-state index contributed by atoms with van der Waals surface area (Å²) in [5.41, 5.74) is 0.0703. The SMILES string of the molecule is CC(C)(C)NCc1nnc(OCc2ccco2)s1. The highest BCUT2D eigenvalue weighted by Gasteiger charge is 2.11. The Kier molecular flexibility index (Phi) is 3.98. The summed E-state index contributed by atoms with van der Waals surface area (Å²) in [6.07, 6.45) is 1.62. The summed E-state index contributed by atoms with van der Waals surface area (Å²) in [6.45, 7) is 7.42. The monoisotopic (exact) mass is 267 g/mol. The van der Waals surface area contributed by atoms with Gasteiger partial charge in [-0.25, -0.2) is 0 Å². The first-order valence-electron chi connectivity index (χ1n) is 5.75. The second kappa shape index (κ2) is 5.49. The minimum atomic E-state index is 0.0703. The van der Waals surface area contributed by atoms with Gasteiger partial charge in [0.25, 0.3) is 5.19 Å². The van der Waals surface area contributed by atoms with Gasteiger partial charge in [-0.2, -0.15) is 0 Å². The lowest BCUT2D eigenvalue weighted by Crippen LogP contribution is -2.35. The predicted molar refractivity (Wildman–Crippen MR) is 69.5 cm³/mol. The Morgan fingerprint density at radius 2 is 2.22 bits per heavy atom. The summed E-state index contributed by atoms with van der Waals surface area (Å²) in [6, 6.07) is 3.70. The molecular weight excluding hydrogens is 250 g/mol. The summed E-state index contributed by atoms with van der Waals surface area (Å²) in [4.78, 5) is 0. The zero-order chi connectivity index (χ0) is 13.0. The topological polar surface area (TPSA) is 60.2 Å². The first-order chi connectivity index (χ1) is 8.53. The molecule has 2 heterocycles. The molecule has 0 radical (unpaired) electrons. The van der Waals surface area contributed by atoms with Crippen LogP contribution in [0.4, 0.5) is 0 Å². The van der Waals surface area contributed by atoms with Crippen molar-refractivity contribution in [2.75, 3.05) is 0 Å². The van der Waals surface area contributed by atoms with Gasteiger partial charge < -0.3 is 14.5 Å². The summed E-state index contributed by atoms with van der Waals surface area (Å²) in [7, 11) is 0. The normalized spacial score (nSPS) is 11.7. The van der Waals surface area contributed by atoms with Crippen molar-refractivity contribution in [2.24, 2.45) is 0 Å². The Hall–Kier alpha value is -1.40. The molecule has 0 saturated carbocycles. The Morgan fingerprint density at radius 3 is 2.89 bits per heavy atom. The number of nitrogens with zero attached hydrogens (tertiary/aromatic N) is 2. The van der Waals surface area contributed by atoms with Crippen LogP contribution in [0.3, 0.4) is 0 Å². The van der Waals surface area contributed by atoms with E-state index in [2.05, 4.69) is 36.3 Å². The highest BCUT2D eigenvalue weighted by Crippen LogP contribution is 2.19. The molecule has 0 atom stereocenters. The van der Waals surface area contributed by atoms with Gasteiger partial charge in [-0.1, -0.05) is 16.4 Å². The van der Waals surface area contributed by atoms with E-state index in [-0.39, 0.29) is 5.54 Å². The molecule has 0 aromatic carbocycles. The van der Waals surface area contributed by atoms with Gasteiger partial charge in [-0.3, -0.25) is 0 Å². The third kappa shape index (κ3) is 4.12. The molecule has 0 amide bonds. The molecule has 0 spiro atoms. The molecule has 98 valence electrons. The van der Waals surface area contributed by atoms with Gasteiger partial charge in [0.1, 0.15) is 17.4 Å². The molecule has 2 rings (SSSR count). The molecule has 0 bridgehead atoms. The summed E-state index contributed by atoms with van der Waals surface area (Å²) >= 11 is 1.45. The lowest BCUT2D eigenvalue weighted by atomic mass is 10.1. The van der Waals surface area contributed by atoms with E-state index in [1.54, 1.807) is 6.26 Å². The molecule has 6 heteroatoms. The number of ether oxygens (including phenoxy) is 1. The van der Waals surface area contributed by atoms with Crippen LogP contribution in [0, 0.1) is 0 Å². The van der Waals surface area contributed by atoms with Crippen LogP contribution in [0.15, 0.2) is 22.8 Å². The quantitative estimate of drug-likeness (QED) is 0.902. The Labute approximate surface area is 110 Å². The van der Waals surface area contributed by atoms with Crippen molar-refractivity contribution in [2.45, 2.75) is 39.5 Å². The van der Waals surface area contributed by atoms with Crippen molar-refractivity contribution in [1.82, 2.24) is 15.5 Å². The van der Waals surface area contributed by atoms with Crippen molar-refractivity contribution < 1.29 is 9.15 Å². The average Bonchev–Trinajstić information content (AvgIpc) is 2.94. The lowest BCUT2D eigenvalue weighted by Gasteiger charge is -2.19. The number of nitrogens with one attached hydrogen (secondary N) is 1. The van der Waals surface area contributed by atoms with Crippen molar-refractivity contribution in [1.29, 1.82) is 0 Å². The maximum Gasteiger partial charge on any atom is 0.294 e. The van der Waals surface area contributed by atoms with Gasteiger partial charge in [0, 0.05) is 5.54 Å². The van der Waals surface area contributed by atoms with Crippen molar-refractivity contribution in [3.63, 3.8) is 0 Å². The molecular formula is C12H17N3O2S. The fraction of sp³-hybridized carbons (Fsp3) is 0.500. The highest BCUT2D eigenvalue weighted by molar-refractivity contribution is 7.13. The van der Waals surface area contributed by atoms with E-state index in [9.17, 15) is 0 Å². The smallest absolute Gasteiger partial charge is 0.294 e. The van der Waals surface area contributed by atoms with Crippen molar-refractivity contribution in [3.8, 4) is 5.19 Å². The number of hydrogen-bond donors (Lipinski definition) is 1. The van der Waals surface area contributed by atoms with E-state index in [1.807, 2.05) is 12.1 Å². The van der Waals surface area contributed by atoms with Crippen LogP contribution in [0.25, 0.3) is 0 Å². The Balaban J connectivity index is 1.82. The average molecular weight is 267 g/mol. The minimum absolute atomic E-state index is 0.0703. The molecule has 18 heavy (non-hydrogen) atoms. The van der Waals surface area contributed by atoms with Gasteiger partial charge in [0.15, 0.2) is 0 Å². The summed E-state index contributed by atoms with van der Waals surface area (Å²) in [5, 5.41) is 12.9. The van der Waals surface area contributed by atoms with E-state index in [0.29, 0.717) is 18.3 Å². The van der Waals surface area contributed by atoms with E-state index in [0.717, 1.165) is 10.8 Å². The molecule has 2 aromatic heterocycles. The van der Waals surface area contributed by atoms with Crippen LogP contribution in [0.1, 0.15) is 31.5 Å². The van der Waals surface area contributed by atoms with Gasteiger partial charge in [-0.05, 0) is 32.9 Å². The highest BCUT2D eigenvalue weighted by atomic mass is 32.1. The number of furan rings is 1. The number of rotatable bonds is 5. The first-order valence-corrected chi connectivity index (χ1v) is 6.57. The van der Waals surface area contributed by atoms with Gasteiger partial charge >= 0.3 is 0 Å². The summed E-state index contributed by atoms with van der Waals surface area (Å²) in [5.74, 6) is 0.777. The van der Waals surface area contributed by atoms with Gasteiger partial charge in [0.05, 0.1) is 12.8 Å². The van der Waals surface area contributed by atoms with Gasteiger partial charge in [0.2, 0.25) is 0 Å². The Morgan fingerprint density at radius 1 is 1.39 bits per heavy atom. The molecule has 5 nitrogen and oxygen atoms in total. The number of hydrogen-bond acceptors (Lipinski definition) is 6. The Bertz CT molecular complexity index is 474. The zero-order valence-corrected chi connectivity index (χ0v) is 11.6. The van der Waals surface area contributed by atoms with E-state index in [1.165, 1.54) is 11.3 Å². The molecule has 1 N–H and O–H groups in total. The molecule has 0 aliphatic heterocycles. The van der Waals surface area contributed by atoms with Crippen LogP contribution < -0.4 is 10.1 Å². The predicted octanol–water partition coefficient (Wildman–Crippen LogP) is 2.60.